The zero-order valence-corrected chi connectivity index (χ0v) is 22.6. The molecule has 0 radical (unpaired) electrons. The third kappa shape index (κ3) is 3.72. The molecule has 39 heavy (non-hydrogen) atoms. The van der Waals surface area contributed by atoms with Crippen molar-refractivity contribution in [2.75, 3.05) is 19.0 Å². The van der Waals surface area contributed by atoms with E-state index in [-0.39, 0.29) is 40.4 Å². The monoisotopic (exact) mass is 529 g/mol. The first-order chi connectivity index (χ1) is 18.3. The van der Waals surface area contributed by atoms with Gasteiger partial charge in [-0.3, -0.25) is 19.2 Å². The first-order valence-corrected chi connectivity index (χ1v) is 12.9. The standard InChI is InChI=1S/C31H31NO7/c1-14(33)16-6-8-17(9-7-16)20-13-22(32(4)5)21-11-18-10-19-12-23(35)24(15(2)34)29(38)31(19,3)30(39)25(18)28(37)26(21)27(20)36/h6-9,13,18-19,35-36,39H,10-12H2,1-5H3/t18-,19+,31+/m1/s1. The van der Waals surface area contributed by atoms with Crippen LogP contribution >= 0.6 is 0 Å². The molecule has 2 aromatic rings. The van der Waals surface area contributed by atoms with Gasteiger partial charge in [-0.05, 0) is 62.6 Å². The molecule has 0 spiro atoms. The van der Waals surface area contributed by atoms with Crippen LogP contribution < -0.4 is 4.90 Å². The summed E-state index contributed by atoms with van der Waals surface area (Å²) in [7, 11) is 3.68. The number of hydrogen-bond acceptors (Lipinski definition) is 8. The number of hydrogen-bond donors (Lipinski definition) is 3. The number of ketones is 4. The van der Waals surface area contributed by atoms with Gasteiger partial charge in [0.25, 0.3) is 0 Å². The Balaban J connectivity index is 1.70. The highest BCUT2D eigenvalue weighted by Crippen LogP contribution is 2.56. The van der Waals surface area contributed by atoms with Gasteiger partial charge >= 0.3 is 0 Å². The first-order valence-electron chi connectivity index (χ1n) is 12.9. The average Bonchev–Trinajstić information content (AvgIpc) is 2.86. The van der Waals surface area contributed by atoms with E-state index in [0.29, 0.717) is 35.1 Å². The van der Waals surface area contributed by atoms with Crippen molar-refractivity contribution in [1.82, 2.24) is 0 Å². The SMILES string of the molecule is CC(=O)C1=C(O)C[C@@H]2C[C@@H]3Cc4c(N(C)C)cc(-c5ccc(C(C)=O)cc5)c(O)c4C(=O)C3=C(O)[C@]2(C)C1=O. The zero-order chi connectivity index (χ0) is 28.5. The predicted molar refractivity (Wildman–Crippen MR) is 145 cm³/mol. The molecule has 0 aromatic heterocycles. The maximum absolute atomic E-state index is 14.1. The van der Waals surface area contributed by atoms with E-state index in [2.05, 4.69) is 0 Å². The highest BCUT2D eigenvalue weighted by Gasteiger charge is 2.57. The predicted octanol–water partition coefficient (Wildman–Crippen LogP) is 4.90. The van der Waals surface area contributed by atoms with Crippen molar-refractivity contribution in [2.45, 2.75) is 40.0 Å². The highest BCUT2D eigenvalue weighted by molar-refractivity contribution is 6.24. The molecule has 8 heteroatoms. The summed E-state index contributed by atoms with van der Waals surface area (Å²) in [5.41, 5.74) is 1.18. The van der Waals surface area contributed by atoms with Crippen molar-refractivity contribution in [1.29, 1.82) is 0 Å². The minimum Gasteiger partial charge on any atom is -0.511 e. The van der Waals surface area contributed by atoms with Gasteiger partial charge in [0.15, 0.2) is 23.1 Å². The summed E-state index contributed by atoms with van der Waals surface area (Å²) < 4.78 is 0. The molecule has 5 rings (SSSR count). The molecule has 0 saturated heterocycles. The van der Waals surface area contributed by atoms with Crippen LogP contribution in [-0.2, 0) is 16.0 Å². The second-order valence-corrected chi connectivity index (χ2v) is 11.2. The second-order valence-electron chi connectivity index (χ2n) is 11.2. The zero-order valence-electron chi connectivity index (χ0n) is 22.6. The third-order valence-corrected chi connectivity index (χ3v) is 8.71. The number of aliphatic hydroxyl groups is 2. The summed E-state index contributed by atoms with van der Waals surface area (Å²) in [4.78, 5) is 53.3. The molecule has 0 bridgehead atoms. The van der Waals surface area contributed by atoms with Gasteiger partial charge in [0.2, 0.25) is 0 Å². The van der Waals surface area contributed by atoms with Gasteiger partial charge < -0.3 is 20.2 Å². The summed E-state index contributed by atoms with van der Waals surface area (Å²) >= 11 is 0. The maximum atomic E-state index is 14.1. The Bertz CT molecular complexity index is 1540. The van der Waals surface area contributed by atoms with Gasteiger partial charge in [-0.2, -0.15) is 0 Å². The van der Waals surface area contributed by atoms with Crippen LogP contribution in [0.1, 0.15) is 59.9 Å². The highest BCUT2D eigenvalue weighted by atomic mass is 16.3. The Morgan fingerprint density at radius 3 is 2.18 bits per heavy atom. The number of aliphatic hydroxyl groups excluding tert-OH is 2. The minimum absolute atomic E-state index is 0.0486. The van der Waals surface area contributed by atoms with E-state index in [1.165, 1.54) is 20.8 Å². The molecule has 0 fully saturated rings. The summed E-state index contributed by atoms with van der Waals surface area (Å²) in [5, 5.41) is 33.5. The molecule has 2 aromatic carbocycles. The fourth-order valence-electron chi connectivity index (χ4n) is 6.55. The van der Waals surface area contributed by atoms with Crippen LogP contribution in [0.2, 0.25) is 0 Å². The van der Waals surface area contributed by atoms with Crippen LogP contribution in [0.25, 0.3) is 11.1 Å². The van der Waals surface area contributed by atoms with Gasteiger partial charge in [-0.25, -0.2) is 0 Å². The van der Waals surface area contributed by atoms with Crippen molar-refractivity contribution in [2.24, 2.45) is 17.3 Å². The number of benzene rings is 2. The lowest BCUT2D eigenvalue weighted by Crippen LogP contribution is -2.49. The van der Waals surface area contributed by atoms with Gasteiger partial charge in [0.05, 0.1) is 16.6 Å². The van der Waals surface area contributed by atoms with Gasteiger partial charge in [-0.1, -0.05) is 24.3 Å². The van der Waals surface area contributed by atoms with Gasteiger partial charge in [0.1, 0.15) is 17.3 Å². The number of carbonyl (C=O) groups excluding carboxylic acids is 4. The lowest BCUT2D eigenvalue weighted by molar-refractivity contribution is -0.131. The number of rotatable bonds is 4. The maximum Gasteiger partial charge on any atom is 0.196 e. The third-order valence-electron chi connectivity index (χ3n) is 8.71. The lowest BCUT2D eigenvalue weighted by atomic mass is 9.55. The van der Waals surface area contributed by atoms with Crippen LogP contribution in [0.3, 0.4) is 0 Å². The molecule has 3 N–H and O–H groups in total. The minimum atomic E-state index is -1.54. The quantitative estimate of drug-likeness (QED) is 0.377. The molecular formula is C31H31NO7. The molecule has 0 saturated carbocycles. The van der Waals surface area contributed by atoms with E-state index >= 15 is 0 Å². The summed E-state index contributed by atoms with van der Waals surface area (Å²) in [6, 6.07) is 8.54. The number of anilines is 1. The molecule has 3 aliphatic carbocycles. The number of allylic oxidation sites excluding steroid dienone is 4. The van der Waals surface area contributed by atoms with Gasteiger partial charge in [-0.15, -0.1) is 0 Å². The van der Waals surface area contributed by atoms with Crippen molar-refractivity contribution in [3.63, 3.8) is 0 Å². The molecule has 202 valence electrons. The van der Waals surface area contributed by atoms with E-state index in [4.69, 9.17) is 0 Å². The van der Waals surface area contributed by atoms with E-state index < -0.39 is 40.4 Å². The number of phenols is 1. The summed E-state index contributed by atoms with van der Waals surface area (Å²) in [5.74, 6) is -3.76. The normalized spacial score (nSPS) is 24.2. The van der Waals surface area contributed by atoms with E-state index in [1.807, 2.05) is 25.1 Å². The number of aromatic hydroxyl groups is 1. The molecule has 0 aliphatic heterocycles. The number of Topliss-reactive ketones (excluding diaryl/α,β-unsaturated/α-hetero) is 4. The lowest BCUT2D eigenvalue weighted by Gasteiger charge is -2.47. The smallest absolute Gasteiger partial charge is 0.196 e. The van der Waals surface area contributed by atoms with Crippen molar-refractivity contribution >= 4 is 28.8 Å². The van der Waals surface area contributed by atoms with Gasteiger partial charge in [0, 0.05) is 42.9 Å². The number of fused-ring (bicyclic) bond motifs is 3. The van der Waals surface area contributed by atoms with Crippen LogP contribution in [-0.4, -0.2) is 52.5 Å². The van der Waals surface area contributed by atoms with Crippen LogP contribution in [0.5, 0.6) is 5.75 Å². The largest absolute Gasteiger partial charge is 0.511 e. The molecule has 8 nitrogen and oxygen atoms in total. The Hall–Kier alpha value is -4.20. The van der Waals surface area contributed by atoms with Crippen molar-refractivity contribution < 1.29 is 34.5 Å². The molecule has 3 atom stereocenters. The van der Waals surface area contributed by atoms with Crippen LogP contribution in [0.4, 0.5) is 5.69 Å². The van der Waals surface area contributed by atoms with Crippen molar-refractivity contribution in [3.8, 4) is 16.9 Å². The molecule has 0 heterocycles. The topological polar surface area (TPSA) is 132 Å². The number of nitrogens with zero attached hydrogens (tertiary/aromatic N) is 1. The van der Waals surface area contributed by atoms with Crippen LogP contribution in [0.15, 0.2) is 53.0 Å². The van der Waals surface area contributed by atoms with Crippen molar-refractivity contribution in [3.05, 3.63) is 69.7 Å². The van der Waals surface area contributed by atoms with E-state index in [9.17, 15) is 34.5 Å². The Labute approximate surface area is 226 Å². The average molecular weight is 530 g/mol. The Kier molecular flexibility index (Phi) is 6.05. The fourth-order valence-corrected chi connectivity index (χ4v) is 6.55. The van der Waals surface area contributed by atoms with E-state index in [0.717, 1.165) is 5.69 Å². The first kappa shape index (κ1) is 26.4. The Morgan fingerprint density at radius 1 is 0.974 bits per heavy atom. The Morgan fingerprint density at radius 2 is 1.62 bits per heavy atom. The fraction of sp³-hybridized carbons (Fsp3) is 0.355. The molecule has 3 aliphatic rings. The van der Waals surface area contributed by atoms with Crippen LogP contribution in [0, 0.1) is 17.3 Å². The molecule has 0 amide bonds. The molecular weight excluding hydrogens is 498 g/mol. The number of carbonyl (C=O) groups is 4. The second kappa shape index (κ2) is 8.93. The summed E-state index contributed by atoms with van der Waals surface area (Å²) in [6.45, 7) is 4.18. The van der Waals surface area contributed by atoms with E-state index in [1.54, 1.807) is 24.3 Å². The molecule has 0 unspecified atom stereocenters. The summed E-state index contributed by atoms with van der Waals surface area (Å²) in [6.07, 6.45) is 0.743. The number of phenolic OH excluding ortho intramolecular Hbond substituents is 1.